The fourth-order valence-electron chi connectivity index (χ4n) is 3.76. The molecule has 0 spiro atoms. The van der Waals surface area contributed by atoms with Gasteiger partial charge in [-0.2, -0.15) is 0 Å². The zero-order valence-corrected chi connectivity index (χ0v) is 8.08. The lowest BCUT2D eigenvalue weighted by Gasteiger charge is -2.34. The molecule has 0 unspecified atom stereocenters. The Morgan fingerprint density at radius 1 is 1.08 bits per heavy atom. The first-order chi connectivity index (χ1) is 6.28. The molecule has 2 fully saturated rings. The lowest BCUT2D eigenvalue weighted by Crippen LogP contribution is -2.37. The van der Waals surface area contributed by atoms with E-state index in [4.69, 9.17) is 0 Å². The summed E-state index contributed by atoms with van der Waals surface area (Å²) in [6.45, 7) is 0. The Morgan fingerprint density at radius 2 is 1.85 bits per heavy atom. The number of hydrogen-bond acceptors (Lipinski definition) is 1. The highest BCUT2D eigenvalue weighted by molar-refractivity contribution is 5.14. The van der Waals surface area contributed by atoms with Crippen molar-refractivity contribution in [3.05, 3.63) is 12.2 Å². The van der Waals surface area contributed by atoms with E-state index >= 15 is 0 Å². The van der Waals surface area contributed by atoms with E-state index in [1.54, 1.807) is 0 Å². The molecule has 13 heavy (non-hydrogen) atoms. The van der Waals surface area contributed by atoms with Gasteiger partial charge in [0.05, 0.1) is 5.60 Å². The van der Waals surface area contributed by atoms with Crippen molar-refractivity contribution in [2.75, 3.05) is 0 Å². The normalized spacial score (nSPS) is 46.1. The minimum Gasteiger partial charge on any atom is -0.390 e. The molecule has 0 amide bonds. The molecule has 0 aliphatic heterocycles. The summed E-state index contributed by atoms with van der Waals surface area (Å²) in [4.78, 5) is 0. The Kier molecular flexibility index (Phi) is 1.61. The maximum Gasteiger partial charge on any atom is 0.0681 e. The molecule has 1 nitrogen and oxygen atoms in total. The third-order valence-corrected chi connectivity index (χ3v) is 4.44. The highest BCUT2D eigenvalue weighted by Gasteiger charge is 2.48. The molecule has 1 heteroatoms. The van der Waals surface area contributed by atoms with Crippen LogP contribution in [0.2, 0.25) is 0 Å². The third-order valence-electron chi connectivity index (χ3n) is 4.44. The second-order valence-electron chi connectivity index (χ2n) is 5.20. The predicted molar refractivity (Wildman–Crippen MR) is 52.3 cm³/mol. The van der Waals surface area contributed by atoms with Crippen LogP contribution in [0.15, 0.2) is 12.2 Å². The van der Waals surface area contributed by atoms with Gasteiger partial charge in [0.2, 0.25) is 0 Å². The van der Waals surface area contributed by atoms with Crippen molar-refractivity contribution in [2.24, 2.45) is 17.8 Å². The van der Waals surface area contributed by atoms with Crippen LogP contribution in [0, 0.1) is 17.8 Å². The van der Waals surface area contributed by atoms with Gasteiger partial charge in [0.15, 0.2) is 0 Å². The molecule has 2 bridgehead atoms. The Hall–Kier alpha value is -0.300. The van der Waals surface area contributed by atoms with Crippen molar-refractivity contribution < 1.29 is 5.11 Å². The fraction of sp³-hybridized carbons (Fsp3) is 0.833. The van der Waals surface area contributed by atoms with Gasteiger partial charge in [0.25, 0.3) is 0 Å². The van der Waals surface area contributed by atoms with Crippen molar-refractivity contribution in [2.45, 2.75) is 44.1 Å². The quantitative estimate of drug-likeness (QED) is 0.612. The Bertz CT molecular complexity index is 238. The van der Waals surface area contributed by atoms with Crippen LogP contribution in [0.1, 0.15) is 38.5 Å². The highest BCUT2D eigenvalue weighted by Crippen LogP contribution is 2.52. The predicted octanol–water partition coefficient (Wildman–Crippen LogP) is 2.50. The SMILES string of the molecule is OC1([C@@H]2C[C@@H]3C=C[C@H]2C3)CCCC1. The third kappa shape index (κ3) is 1.10. The van der Waals surface area contributed by atoms with Gasteiger partial charge < -0.3 is 5.11 Å². The number of allylic oxidation sites excluding steroid dienone is 2. The van der Waals surface area contributed by atoms with E-state index in [0.29, 0.717) is 11.8 Å². The van der Waals surface area contributed by atoms with Crippen LogP contribution >= 0.6 is 0 Å². The molecule has 0 heterocycles. The topological polar surface area (TPSA) is 20.2 Å². The van der Waals surface area contributed by atoms with E-state index in [1.165, 1.54) is 25.7 Å². The maximum atomic E-state index is 10.5. The number of rotatable bonds is 1. The molecule has 3 aliphatic carbocycles. The van der Waals surface area contributed by atoms with Crippen LogP contribution in [-0.4, -0.2) is 10.7 Å². The molecular weight excluding hydrogens is 160 g/mol. The Morgan fingerprint density at radius 3 is 2.38 bits per heavy atom. The summed E-state index contributed by atoms with van der Waals surface area (Å²) in [6.07, 6.45) is 11.9. The first-order valence-corrected chi connectivity index (χ1v) is 5.69. The van der Waals surface area contributed by atoms with E-state index in [0.717, 1.165) is 18.8 Å². The zero-order valence-electron chi connectivity index (χ0n) is 8.08. The minimum atomic E-state index is -0.274. The summed E-state index contributed by atoms with van der Waals surface area (Å²) < 4.78 is 0. The maximum absolute atomic E-state index is 10.5. The molecule has 3 aliphatic rings. The van der Waals surface area contributed by atoms with E-state index in [1.807, 2.05) is 0 Å². The summed E-state index contributed by atoms with van der Waals surface area (Å²) in [5.74, 6) is 2.12. The van der Waals surface area contributed by atoms with Gasteiger partial charge in [-0.15, -0.1) is 0 Å². The monoisotopic (exact) mass is 178 g/mol. The summed E-state index contributed by atoms with van der Waals surface area (Å²) in [5, 5.41) is 10.5. The van der Waals surface area contributed by atoms with Gasteiger partial charge in [-0.25, -0.2) is 0 Å². The van der Waals surface area contributed by atoms with E-state index in [-0.39, 0.29) is 5.60 Å². The number of fused-ring (bicyclic) bond motifs is 2. The summed E-state index contributed by atoms with van der Waals surface area (Å²) >= 11 is 0. The lowest BCUT2D eigenvalue weighted by atomic mass is 9.77. The van der Waals surface area contributed by atoms with Gasteiger partial charge in [-0.1, -0.05) is 25.0 Å². The van der Waals surface area contributed by atoms with Crippen LogP contribution in [0.25, 0.3) is 0 Å². The van der Waals surface area contributed by atoms with E-state index in [2.05, 4.69) is 12.2 Å². The molecule has 1 N–H and O–H groups in total. The van der Waals surface area contributed by atoms with Gasteiger partial charge in [-0.05, 0) is 43.4 Å². The second kappa shape index (κ2) is 2.60. The van der Waals surface area contributed by atoms with Crippen molar-refractivity contribution in [3.63, 3.8) is 0 Å². The van der Waals surface area contributed by atoms with Gasteiger partial charge in [-0.3, -0.25) is 0 Å². The fourth-order valence-corrected chi connectivity index (χ4v) is 3.76. The minimum absolute atomic E-state index is 0.274. The Balaban J connectivity index is 1.82. The molecule has 0 aromatic rings. The molecule has 2 saturated carbocycles. The average Bonchev–Trinajstić information content (AvgIpc) is 2.77. The van der Waals surface area contributed by atoms with Crippen LogP contribution in [0.3, 0.4) is 0 Å². The van der Waals surface area contributed by atoms with Crippen molar-refractivity contribution in [3.8, 4) is 0 Å². The summed E-state index contributed by atoms with van der Waals surface area (Å²) in [6, 6.07) is 0. The molecule has 0 saturated heterocycles. The molecule has 0 radical (unpaired) electrons. The number of hydrogen-bond donors (Lipinski definition) is 1. The van der Waals surface area contributed by atoms with Crippen LogP contribution in [-0.2, 0) is 0 Å². The van der Waals surface area contributed by atoms with Crippen LogP contribution < -0.4 is 0 Å². The van der Waals surface area contributed by atoms with Crippen molar-refractivity contribution in [1.82, 2.24) is 0 Å². The first-order valence-electron chi connectivity index (χ1n) is 5.69. The molecule has 0 aromatic carbocycles. The average molecular weight is 178 g/mol. The lowest BCUT2D eigenvalue weighted by molar-refractivity contribution is -0.0226. The molecule has 72 valence electrons. The standard InChI is InChI=1S/C12H18O/c13-12(5-1-2-6-12)11-8-9-3-4-10(11)7-9/h3-4,9-11,13H,1-2,5-8H2/t9-,10+,11-/m1/s1. The highest BCUT2D eigenvalue weighted by atomic mass is 16.3. The first kappa shape index (κ1) is 8.05. The van der Waals surface area contributed by atoms with E-state index < -0.39 is 0 Å². The molecule has 3 atom stereocenters. The van der Waals surface area contributed by atoms with E-state index in [9.17, 15) is 5.11 Å². The van der Waals surface area contributed by atoms with Gasteiger partial charge >= 0.3 is 0 Å². The molecule has 0 aromatic heterocycles. The zero-order chi connectivity index (χ0) is 8.89. The Labute approximate surface area is 79.8 Å². The molecule has 3 rings (SSSR count). The molecular formula is C12H18O. The number of aliphatic hydroxyl groups is 1. The van der Waals surface area contributed by atoms with Crippen molar-refractivity contribution in [1.29, 1.82) is 0 Å². The largest absolute Gasteiger partial charge is 0.390 e. The van der Waals surface area contributed by atoms with Crippen molar-refractivity contribution >= 4 is 0 Å². The summed E-state index contributed by atoms with van der Waals surface area (Å²) in [7, 11) is 0. The van der Waals surface area contributed by atoms with Crippen LogP contribution in [0.4, 0.5) is 0 Å². The van der Waals surface area contributed by atoms with Gasteiger partial charge in [0, 0.05) is 0 Å². The van der Waals surface area contributed by atoms with Crippen LogP contribution in [0.5, 0.6) is 0 Å². The van der Waals surface area contributed by atoms with Gasteiger partial charge in [0.1, 0.15) is 0 Å². The summed E-state index contributed by atoms with van der Waals surface area (Å²) in [5.41, 5.74) is -0.274. The smallest absolute Gasteiger partial charge is 0.0681 e. The second-order valence-corrected chi connectivity index (χ2v) is 5.20.